The normalized spacial score (nSPS) is 13.8. The first-order chi connectivity index (χ1) is 15.7. The van der Waals surface area contributed by atoms with E-state index in [0.717, 1.165) is 52.9 Å². The van der Waals surface area contributed by atoms with E-state index < -0.39 is 0 Å². The monoisotopic (exact) mass is 446 g/mol. The highest BCUT2D eigenvalue weighted by atomic mass is 32.1. The summed E-state index contributed by atoms with van der Waals surface area (Å²) in [6, 6.07) is 16.8. The van der Waals surface area contributed by atoms with Crippen molar-refractivity contribution in [2.45, 2.75) is 6.61 Å². The summed E-state index contributed by atoms with van der Waals surface area (Å²) in [6.07, 6.45) is 3.48. The number of hydrogen-bond donors (Lipinski definition) is 1. The summed E-state index contributed by atoms with van der Waals surface area (Å²) in [5.41, 5.74) is 3.17. The minimum Gasteiger partial charge on any atom is -0.489 e. The minimum atomic E-state index is -0.186. The Morgan fingerprint density at radius 2 is 2.03 bits per heavy atom. The number of hydrogen-bond acceptors (Lipinski definition) is 7. The van der Waals surface area contributed by atoms with Gasteiger partial charge in [0.15, 0.2) is 5.13 Å². The van der Waals surface area contributed by atoms with E-state index in [0.29, 0.717) is 17.9 Å². The predicted octanol–water partition coefficient (Wildman–Crippen LogP) is 4.36. The number of rotatable bonds is 6. The molecular weight excluding hydrogens is 424 g/mol. The fourth-order valence-electron chi connectivity index (χ4n) is 3.46. The van der Waals surface area contributed by atoms with Gasteiger partial charge in [-0.25, -0.2) is 4.98 Å². The van der Waals surface area contributed by atoms with Gasteiger partial charge in [0.1, 0.15) is 12.4 Å². The van der Waals surface area contributed by atoms with Crippen LogP contribution in [0.5, 0.6) is 5.75 Å². The molecule has 3 heterocycles. The quantitative estimate of drug-likeness (QED) is 0.474. The van der Waals surface area contributed by atoms with Crippen LogP contribution in [-0.4, -0.2) is 42.2 Å². The first-order valence-corrected chi connectivity index (χ1v) is 11.2. The average molecular weight is 447 g/mol. The topological polar surface area (TPSA) is 76.6 Å². The smallest absolute Gasteiger partial charge is 0.255 e. The molecule has 1 amide bonds. The number of nitrogens with zero attached hydrogens (tertiary/aromatic N) is 3. The lowest BCUT2D eigenvalue weighted by Crippen LogP contribution is -2.36. The molecule has 162 valence electrons. The van der Waals surface area contributed by atoms with Crippen LogP contribution in [-0.2, 0) is 11.3 Å². The molecule has 1 saturated heterocycles. The number of carbonyl (C=O) groups excluding carboxylic acids is 1. The van der Waals surface area contributed by atoms with Crippen molar-refractivity contribution in [3.05, 3.63) is 78.1 Å². The zero-order valence-electron chi connectivity index (χ0n) is 17.4. The van der Waals surface area contributed by atoms with Gasteiger partial charge in [-0.3, -0.25) is 9.78 Å². The van der Waals surface area contributed by atoms with Gasteiger partial charge in [0.2, 0.25) is 0 Å². The SMILES string of the molecule is O=C(Nc1ccc2nc(N3CCOCC3)sc2c1)c1cccc(OCc2cccnc2)c1. The van der Waals surface area contributed by atoms with Gasteiger partial charge < -0.3 is 19.7 Å². The lowest BCUT2D eigenvalue weighted by Gasteiger charge is -2.25. The Morgan fingerprint density at radius 3 is 2.88 bits per heavy atom. The molecular formula is C24H22N4O3S. The highest BCUT2D eigenvalue weighted by Crippen LogP contribution is 2.31. The summed E-state index contributed by atoms with van der Waals surface area (Å²) in [4.78, 5) is 23.9. The highest BCUT2D eigenvalue weighted by Gasteiger charge is 2.16. The molecule has 1 aliphatic heterocycles. The molecule has 0 saturated carbocycles. The van der Waals surface area contributed by atoms with Gasteiger partial charge in [-0.15, -0.1) is 0 Å². The van der Waals surface area contributed by atoms with E-state index in [-0.39, 0.29) is 5.91 Å². The van der Waals surface area contributed by atoms with Crippen molar-refractivity contribution >= 4 is 38.3 Å². The number of morpholine rings is 1. The molecule has 0 atom stereocenters. The van der Waals surface area contributed by atoms with E-state index in [9.17, 15) is 4.79 Å². The van der Waals surface area contributed by atoms with Gasteiger partial charge in [-0.05, 0) is 42.5 Å². The number of pyridine rings is 1. The van der Waals surface area contributed by atoms with E-state index in [1.807, 2.05) is 42.5 Å². The van der Waals surface area contributed by atoms with Crippen molar-refractivity contribution in [3.8, 4) is 5.75 Å². The second kappa shape index (κ2) is 9.33. The zero-order chi connectivity index (χ0) is 21.8. The van der Waals surface area contributed by atoms with Gasteiger partial charge in [0, 0.05) is 42.3 Å². The average Bonchev–Trinajstić information content (AvgIpc) is 3.28. The van der Waals surface area contributed by atoms with Crippen molar-refractivity contribution in [3.63, 3.8) is 0 Å². The molecule has 0 radical (unpaired) electrons. The summed E-state index contributed by atoms with van der Waals surface area (Å²) < 4.78 is 12.3. The Labute approximate surface area is 189 Å². The largest absolute Gasteiger partial charge is 0.489 e. The number of thiazole rings is 1. The van der Waals surface area contributed by atoms with Gasteiger partial charge in [0.25, 0.3) is 5.91 Å². The van der Waals surface area contributed by atoms with Crippen LogP contribution in [0.15, 0.2) is 67.0 Å². The summed E-state index contributed by atoms with van der Waals surface area (Å²) >= 11 is 1.63. The Kier molecular flexibility index (Phi) is 5.96. The number of nitrogens with one attached hydrogen (secondary N) is 1. The molecule has 4 aromatic rings. The molecule has 1 aliphatic rings. The van der Waals surface area contributed by atoms with Gasteiger partial charge in [-0.1, -0.05) is 23.5 Å². The van der Waals surface area contributed by atoms with Gasteiger partial charge >= 0.3 is 0 Å². The molecule has 1 N–H and O–H groups in total. The third-order valence-electron chi connectivity index (χ3n) is 5.14. The molecule has 0 spiro atoms. The first kappa shape index (κ1) is 20.4. The molecule has 2 aromatic heterocycles. The van der Waals surface area contributed by atoms with Crippen LogP contribution >= 0.6 is 11.3 Å². The molecule has 0 aliphatic carbocycles. The van der Waals surface area contributed by atoms with E-state index in [2.05, 4.69) is 15.2 Å². The van der Waals surface area contributed by atoms with Crippen molar-refractivity contribution in [1.29, 1.82) is 0 Å². The molecule has 7 nitrogen and oxygen atoms in total. The van der Waals surface area contributed by atoms with E-state index in [1.165, 1.54) is 0 Å². The zero-order valence-corrected chi connectivity index (χ0v) is 18.2. The summed E-state index contributed by atoms with van der Waals surface area (Å²) in [6.45, 7) is 3.54. The number of carbonyl (C=O) groups is 1. The lowest BCUT2D eigenvalue weighted by molar-refractivity contribution is 0.102. The summed E-state index contributed by atoms with van der Waals surface area (Å²) in [7, 11) is 0. The Bertz CT molecular complexity index is 1220. The predicted molar refractivity (Wildman–Crippen MR) is 126 cm³/mol. The highest BCUT2D eigenvalue weighted by molar-refractivity contribution is 7.22. The molecule has 2 aromatic carbocycles. The molecule has 8 heteroatoms. The Hall–Kier alpha value is -3.49. The molecule has 5 rings (SSSR count). The number of benzene rings is 2. The van der Waals surface area contributed by atoms with Crippen molar-refractivity contribution in [2.75, 3.05) is 36.5 Å². The number of fused-ring (bicyclic) bond motifs is 1. The maximum Gasteiger partial charge on any atom is 0.255 e. The minimum absolute atomic E-state index is 0.186. The maximum absolute atomic E-state index is 12.8. The number of aromatic nitrogens is 2. The number of anilines is 2. The van der Waals surface area contributed by atoms with Crippen LogP contribution in [0.3, 0.4) is 0 Å². The Balaban J connectivity index is 1.27. The van der Waals surface area contributed by atoms with E-state index in [1.54, 1.807) is 35.9 Å². The van der Waals surface area contributed by atoms with Crippen LogP contribution in [0.1, 0.15) is 15.9 Å². The van der Waals surface area contributed by atoms with Crippen LogP contribution < -0.4 is 15.0 Å². The van der Waals surface area contributed by atoms with Crippen molar-refractivity contribution in [1.82, 2.24) is 9.97 Å². The van der Waals surface area contributed by atoms with E-state index >= 15 is 0 Å². The van der Waals surface area contributed by atoms with Crippen molar-refractivity contribution in [2.24, 2.45) is 0 Å². The van der Waals surface area contributed by atoms with Gasteiger partial charge in [0.05, 0.1) is 23.4 Å². The van der Waals surface area contributed by atoms with Crippen LogP contribution in [0.2, 0.25) is 0 Å². The number of amides is 1. The fraction of sp³-hybridized carbons (Fsp3) is 0.208. The second-order valence-electron chi connectivity index (χ2n) is 7.41. The standard InChI is InChI=1S/C24H22N4O3S/c29-23(18-4-1-5-20(13-18)31-16-17-3-2-8-25-15-17)26-19-6-7-21-22(14-19)32-24(27-21)28-9-11-30-12-10-28/h1-8,13-15H,9-12,16H2,(H,26,29). The van der Waals surface area contributed by atoms with Crippen LogP contribution in [0.4, 0.5) is 10.8 Å². The van der Waals surface area contributed by atoms with Crippen LogP contribution in [0.25, 0.3) is 10.2 Å². The molecule has 1 fully saturated rings. The van der Waals surface area contributed by atoms with Crippen LogP contribution in [0, 0.1) is 0 Å². The fourth-order valence-corrected chi connectivity index (χ4v) is 4.52. The number of ether oxygens (including phenoxy) is 2. The molecule has 0 unspecified atom stereocenters. The first-order valence-electron chi connectivity index (χ1n) is 10.4. The summed E-state index contributed by atoms with van der Waals surface area (Å²) in [5.74, 6) is 0.448. The van der Waals surface area contributed by atoms with Crippen molar-refractivity contribution < 1.29 is 14.3 Å². The second-order valence-corrected chi connectivity index (χ2v) is 8.42. The maximum atomic E-state index is 12.8. The third-order valence-corrected chi connectivity index (χ3v) is 6.22. The molecule has 0 bridgehead atoms. The third kappa shape index (κ3) is 4.71. The van der Waals surface area contributed by atoms with Gasteiger partial charge in [-0.2, -0.15) is 0 Å². The summed E-state index contributed by atoms with van der Waals surface area (Å²) in [5, 5.41) is 3.97. The Morgan fingerprint density at radius 1 is 1.12 bits per heavy atom. The van der Waals surface area contributed by atoms with E-state index in [4.69, 9.17) is 14.5 Å². The molecule has 32 heavy (non-hydrogen) atoms. The lowest BCUT2D eigenvalue weighted by atomic mass is 10.2.